The number of fused-ring (bicyclic) bond motifs is 6. The van der Waals surface area contributed by atoms with Crippen LogP contribution >= 0.6 is 0 Å². The Balaban J connectivity index is 1.53. The first-order valence-electron chi connectivity index (χ1n) is 12.0. The Labute approximate surface area is 208 Å². The van der Waals surface area contributed by atoms with Crippen molar-refractivity contribution in [2.45, 2.75) is 0 Å². The number of nitrogens with zero attached hydrogens (tertiary/aromatic N) is 2. The molecule has 2 heteroatoms. The van der Waals surface area contributed by atoms with Crippen LogP contribution in [0.15, 0.2) is 121 Å². The first-order valence-corrected chi connectivity index (χ1v) is 12.0. The summed E-state index contributed by atoms with van der Waals surface area (Å²) in [5.74, 6) is 0. The number of benzene rings is 6. The minimum atomic E-state index is 0.671. The molecule has 0 aliphatic heterocycles. The molecule has 1 heterocycles. The summed E-state index contributed by atoms with van der Waals surface area (Å²) < 4.78 is 0. The lowest BCUT2D eigenvalue weighted by molar-refractivity contribution is 1.48. The Kier molecular flexibility index (Phi) is 4.55. The number of hydrogen-bond donors (Lipinski definition) is 0. The van der Waals surface area contributed by atoms with E-state index in [0.29, 0.717) is 5.56 Å². The third-order valence-electron chi connectivity index (χ3n) is 7.08. The van der Waals surface area contributed by atoms with E-state index in [9.17, 15) is 0 Å². The quantitative estimate of drug-likeness (QED) is 0.192. The van der Waals surface area contributed by atoms with Gasteiger partial charge < -0.3 is 0 Å². The zero-order valence-electron chi connectivity index (χ0n) is 19.4. The van der Waals surface area contributed by atoms with Crippen LogP contribution in [-0.2, 0) is 0 Å². The van der Waals surface area contributed by atoms with Crippen LogP contribution in [-0.4, -0.2) is 4.98 Å². The van der Waals surface area contributed by atoms with Gasteiger partial charge in [-0.2, -0.15) is 5.26 Å². The van der Waals surface area contributed by atoms with Gasteiger partial charge in [-0.1, -0.05) is 109 Å². The van der Waals surface area contributed by atoms with Gasteiger partial charge in [-0.15, -0.1) is 0 Å². The zero-order valence-corrected chi connectivity index (χ0v) is 19.4. The fourth-order valence-corrected chi connectivity index (χ4v) is 5.29. The van der Waals surface area contributed by atoms with Crippen LogP contribution in [0.4, 0.5) is 0 Å². The molecule has 166 valence electrons. The fraction of sp³-hybridized carbons (Fsp3) is 0. The molecule has 0 aliphatic rings. The highest BCUT2D eigenvalue weighted by Gasteiger charge is 2.15. The lowest BCUT2D eigenvalue weighted by Gasteiger charge is -2.15. The molecular weight excluding hydrogens is 436 g/mol. The Bertz CT molecular complexity index is 1880. The van der Waals surface area contributed by atoms with Crippen LogP contribution in [0.5, 0.6) is 0 Å². The van der Waals surface area contributed by atoms with Crippen LogP contribution in [0.2, 0.25) is 0 Å². The molecule has 0 amide bonds. The van der Waals surface area contributed by atoms with Crippen LogP contribution in [0, 0.1) is 11.3 Å². The van der Waals surface area contributed by atoms with Crippen molar-refractivity contribution < 1.29 is 0 Å². The molecule has 7 rings (SSSR count). The topological polar surface area (TPSA) is 36.7 Å². The maximum absolute atomic E-state index is 9.11. The van der Waals surface area contributed by atoms with E-state index >= 15 is 0 Å². The van der Waals surface area contributed by atoms with E-state index in [-0.39, 0.29) is 0 Å². The van der Waals surface area contributed by atoms with Gasteiger partial charge in [-0.05, 0) is 39.6 Å². The minimum Gasteiger partial charge on any atom is -0.246 e. The summed E-state index contributed by atoms with van der Waals surface area (Å²) in [6.45, 7) is 0. The van der Waals surface area contributed by atoms with Gasteiger partial charge in [0.15, 0.2) is 0 Å². The molecule has 36 heavy (non-hydrogen) atoms. The third-order valence-corrected chi connectivity index (χ3v) is 7.08. The molecule has 7 aromatic rings. The summed E-state index contributed by atoms with van der Waals surface area (Å²) in [6, 6.07) is 44.4. The monoisotopic (exact) mass is 456 g/mol. The largest absolute Gasteiger partial charge is 0.246 e. The molecule has 0 unspecified atom stereocenters. The number of pyridine rings is 1. The third kappa shape index (κ3) is 3.15. The highest BCUT2D eigenvalue weighted by Crippen LogP contribution is 2.40. The van der Waals surface area contributed by atoms with Gasteiger partial charge >= 0.3 is 0 Å². The highest BCUT2D eigenvalue weighted by atomic mass is 14.7. The van der Waals surface area contributed by atoms with Gasteiger partial charge in [0.2, 0.25) is 0 Å². The van der Waals surface area contributed by atoms with Crippen molar-refractivity contribution in [1.29, 1.82) is 5.26 Å². The van der Waals surface area contributed by atoms with Gasteiger partial charge in [-0.3, -0.25) is 0 Å². The minimum absolute atomic E-state index is 0.671. The zero-order chi connectivity index (χ0) is 24.1. The predicted octanol–water partition coefficient (Wildman–Crippen LogP) is 8.90. The van der Waals surface area contributed by atoms with E-state index in [2.05, 4.69) is 103 Å². The van der Waals surface area contributed by atoms with Crippen LogP contribution in [0.1, 0.15) is 5.56 Å². The number of nitriles is 1. The first-order chi connectivity index (χ1) is 17.8. The van der Waals surface area contributed by atoms with Gasteiger partial charge in [0.05, 0.1) is 22.7 Å². The summed E-state index contributed by atoms with van der Waals surface area (Å²) >= 11 is 0. The van der Waals surface area contributed by atoms with E-state index in [0.717, 1.165) is 38.5 Å². The van der Waals surface area contributed by atoms with Gasteiger partial charge in [-0.25, -0.2) is 4.98 Å². The van der Waals surface area contributed by atoms with Crippen molar-refractivity contribution in [1.82, 2.24) is 4.98 Å². The lowest BCUT2D eigenvalue weighted by atomic mass is 9.91. The maximum Gasteiger partial charge on any atom is 0.0991 e. The molecule has 0 N–H and O–H groups in total. The second kappa shape index (κ2) is 8.05. The molecule has 0 aliphatic carbocycles. The number of aromatic nitrogens is 1. The molecule has 6 aromatic carbocycles. The van der Waals surface area contributed by atoms with Crippen LogP contribution in [0.25, 0.3) is 65.6 Å². The Hall–Kier alpha value is -5.00. The fourth-order valence-electron chi connectivity index (χ4n) is 5.29. The van der Waals surface area contributed by atoms with E-state index < -0.39 is 0 Å². The van der Waals surface area contributed by atoms with E-state index in [4.69, 9.17) is 10.2 Å². The molecule has 0 saturated heterocycles. The summed E-state index contributed by atoms with van der Waals surface area (Å²) in [5, 5.41) is 16.1. The highest BCUT2D eigenvalue weighted by molar-refractivity contribution is 6.21. The van der Waals surface area contributed by atoms with Crippen molar-refractivity contribution in [2.75, 3.05) is 0 Å². The van der Waals surface area contributed by atoms with Crippen molar-refractivity contribution in [2.24, 2.45) is 0 Å². The summed E-state index contributed by atoms with van der Waals surface area (Å²) in [6.07, 6.45) is 0. The van der Waals surface area contributed by atoms with Crippen LogP contribution < -0.4 is 0 Å². The van der Waals surface area contributed by atoms with Gasteiger partial charge in [0, 0.05) is 27.1 Å². The van der Waals surface area contributed by atoms with Crippen molar-refractivity contribution in [3.8, 4) is 28.3 Å². The van der Waals surface area contributed by atoms with Crippen LogP contribution in [0.3, 0.4) is 0 Å². The predicted molar refractivity (Wildman–Crippen MR) is 150 cm³/mol. The maximum atomic E-state index is 9.11. The van der Waals surface area contributed by atoms with Crippen molar-refractivity contribution >= 4 is 43.4 Å². The number of rotatable bonds is 2. The first kappa shape index (κ1) is 20.4. The molecule has 0 radical (unpaired) electrons. The standard InChI is InChI=1S/C34H20N2/c35-21-22-9-11-23(12-10-22)24-13-15-27(16-14-24)32-30-19-17-25-5-1-3-7-28(25)33(30)36-34-29-8-4-2-6-26(29)18-20-31(32)34/h1-20H. The molecule has 0 bridgehead atoms. The second-order valence-corrected chi connectivity index (χ2v) is 9.12. The summed E-state index contributed by atoms with van der Waals surface area (Å²) in [5.41, 5.74) is 7.33. The average molecular weight is 457 g/mol. The Morgan fingerprint density at radius 1 is 0.444 bits per heavy atom. The molecular formula is C34H20N2. The second-order valence-electron chi connectivity index (χ2n) is 9.12. The molecule has 0 spiro atoms. The molecule has 2 nitrogen and oxygen atoms in total. The molecule has 1 aromatic heterocycles. The van der Waals surface area contributed by atoms with Crippen molar-refractivity contribution in [3.63, 3.8) is 0 Å². The van der Waals surface area contributed by atoms with Gasteiger partial charge in [0.25, 0.3) is 0 Å². The van der Waals surface area contributed by atoms with E-state index in [1.54, 1.807) is 0 Å². The normalized spacial score (nSPS) is 11.3. The summed E-state index contributed by atoms with van der Waals surface area (Å²) in [4.78, 5) is 5.28. The smallest absolute Gasteiger partial charge is 0.0991 e. The Morgan fingerprint density at radius 3 is 1.44 bits per heavy atom. The van der Waals surface area contributed by atoms with E-state index in [1.165, 1.54) is 27.1 Å². The molecule has 0 fully saturated rings. The van der Waals surface area contributed by atoms with Gasteiger partial charge in [0.1, 0.15) is 0 Å². The average Bonchev–Trinajstić information content (AvgIpc) is 2.96. The Morgan fingerprint density at radius 2 is 0.917 bits per heavy atom. The SMILES string of the molecule is N#Cc1ccc(-c2ccc(-c3c4ccc5ccccc5c4nc4c3ccc3ccccc34)cc2)cc1. The molecule has 0 atom stereocenters. The molecule has 0 saturated carbocycles. The summed E-state index contributed by atoms with van der Waals surface area (Å²) in [7, 11) is 0. The van der Waals surface area contributed by atoms with E-state index in [1.807, 2.05) is 24.3 Å². The lowest BCUT2D eigenvalue weighted by Crippen LogP contribution is -1.92. The number of hydrogen-bond acceptors (Lipinski definition) is 2. The van der Waals surface area contributed by atoms with Crippen molar-refractivity contribution in [3.05, 3.63) is 127 Å².